The zero-order chi connectivity index (χ0) is 17.5. The molecule has 0 fully saturated rings. The Morgan fingerprint density at radius 2 is 1.88 bits per heavy atom. The highest BCUT2D eigenvalue weighted by molar-refractivity contribution is 5.89. The highest BCUT2D eigenvalue weighted by Gasteiger charge is 2.18. The fraction of sp³-hybridized carbons (Fsp3) is 0.118. The Morgan fingerprint density at radius 3 is 2.46 bits per heavy atom. The van der Waals surface area contributed by atoms with Crippen molar-refractivity contribution < 1.29 is 19.8 Å². The molecule has 0 aliphatic carbocycles. The molecule has 2 amide bonds. The van der Waals surface area contributed by atoms with E-state index < -0.39 is 18.0 Å². The first-order valence-electron chi connectivity index (χ1n) is 7.06. The number of carboxylic acid groups (broad SMARTS) is 1. The molecule has 2 rings (SSSR count). The maximum atomic E-state index is 12.1. The maximum Gasteiger partial charge on any atom is 0.319 e. The van der Waals surface area contributed by atoms with E-state index in [9.17, 15) is 14.7 Å². The molecule has 0 radical (unpaired) electrons. The number of carboxylic acids is 1. The number of hydrogen-bond acceptors (Lipinski definition) is 4. The van der Waals surface area contributed by atoms with Crippen LogP contribution in [0.1, 0.15) is 23.6 Å². The van der Waals surface area contributed by atoms with Crippen molar-refractivity contribution >= 4 is 17.7 Å². The summed E-state index contributed by atoms with van der Waals surface area (Å²) in [5.41, 5.74) is 1.41. The van der Waals surface area contributed by atoms with E-state index in [4.69, 9.17) is 10.4 Å². The van der Waals surface area contributed by atoms with Crippen molar-refractivity contribution in [3.8, 4) is 11.8 Å². The van der Waals surface area contributed by atoms with Gasteiger partial charge < -0.3 is 20.8 Å². The number of aliphatic carboxylic acids is 1. The van der Waals surface area contributed by atoms with Crippen molar-refractivity contribution in [1.29, 1.82) is 5.26 Å². The van der Waals surface area contributed by atoms with Gasteiger partial charge in [0.1, 0.15) is 5.75 Å². The van der Waals surface area contributed by atoms with Crippen LogP contribution in [0, 0.1) is 11.3 Å². The van der Waals surface area contributed by atoms with E-state index in [1.54, 1.807) is 36.4 Å². The van der Waals surface area contributed by atoms with Crippen LogP contribution in [-0.2, 0) is 4.79 Å². The zero-order valence-electron chi connectivity index (χ0n) is 12.6. The van der Waals surface area contributed by atoms with Gasteiger partial charge in [-0.15, -0.1) is 0 Å². The largest absolute Gasteiger partial charge is 0.508 e. The summed E-state index contributed by atoms with van der Waals surface area (Å²) in [5.74, 6) is -1.10. The lowest BCUT2D eigenvalue weighted by molar-refractivity contribution is -0.137. The second-order valence-corrected chi connectivity index (χ2v) is 5.03. The minimum absolute atomic E-state index is 0.0165. The van der Waals surface area contributed by atoms with Gasteiger partial charge in [-0.25, -0.2) is 4.79 Å². The number of aromatic hydroxyl groups is 1. The normalized spacial score (nSPS) is 11.1. The first-order chi connectivity index (χ1) is 11.5. The van der Waals surface area contributed by atoms with Gasteiger partial charge in [0.05, 0.1) is 24.1 Å². The van der Waals surface area contributed by atoms with Crippen LogP contribution in [0.3, 0.4) is 0 Å². The number of phenols is 1. The summed E-state index contributed by atoms with van der Waals surface area (Å²) in [7, 11) is 0. The van der Waals surface area contributed by atoms with Crippen LogP contribution in [0.25, 0.3) is 0 Å². The lowest BCUT2D eigenvalue weighted by Gasteiger charge is -2.18. The van der Waals surface area contributed by atoms with Crippen molar-refractivity contribution in [2.45, 2.75) is 12.5 Å². The number of nitrogens with one attached hydrogen (secondary N) is 2. The number of rotatable bonds is 5. The number of nitriles is 1. The molecule has 24 heavy (non-hydrogen) atoms. The molecule has 122 valence electrons. The van der Waals surface area contributed by atoms with Gasteiger partial charge in [-0.2, -0.15) is 5.26 Å². The fourth-order valence-corrected chi connectivity index (χ4v) is 2.12. The molecule has 0 aromatic heterocycles. The van der Waals surface area contributed by atoms with E-state index in [2.05, 4.69) is 10.6 Å². The predicted molar refractivity (Wildman–Crippen MR) is 86.4 cm³/mol. The van der Waals surface area contributed by atoms with Gasteiger partial charge in [0, 0.05) is 5.69 Å². The number of carbonyl (C=O) groups excluding carboxylic acids is 1. The standard InChI is InChI=1S/C17H15N3O4/c18-10-11-4-6-13(7-5-11)19-17(24)20-15(9-16(22)23)12-2-1-3-14(21)8-12/h1-8,15,21H,9H2,(H,22,23)(H2,19,20,24). The molecule has 7 nitrogen and oxygen atoms in total. The summed E-state index contributed by atoms with van der Waals surface area (Å²) < 4.78 is 0. The van der Waals surface area contributed by atoms with Crippen LogP contribution >= 0.6 is 0 Å². The summed E-state index contributed by atoms with van der Waals surface area (Å²) >= 11 is 0. The molecular formula is C17H15N3O4. The summed E-state index contributed by atoms with van der Waals surface area (Å²) in [5, 5.41) is 32.4. The second-order valence-electron chi connectivity index (χ2n) is 5.03. The van der Waals surface area contributed by atoms with Gasteiger partial charge in [0.15, 0.2) is 0 Å². The van der Waals surface area contributed by atoms with Crippen molar-refractivity contribution in [3.63, 3.8) is 0 Å². The number of urea groups is 1. The van der Waals surface area contributed by atoms with Gasteiger partial charge in [0.2, 0.25) is 0 Å². The minimum Gasteiger partial charge on any atom is -0.508 e. The Kier molecular flexibility index (Phi) is 5.36. The highest BCUT2D eigenvalue weighted by atomic mass is 16.4. The molecule has 1 atom stereocenters. The molecular weight excluding hydrogens is 310 g/mol. The molecule has 2 aromatic carbocycles. The predicted octanol–water partition coefficient (Wildman–Crippen LogP) is 2.60. The van der Waals surface area contributed by atoms with Crippen LogP contribution in [0.4, 0.5) is 10.5 Å². The Balaban J connectivity index is 2.09. The molecule has 0 saturated carbocycles. The Labute approximate surface area is 138 Å². The Hall–Kier alpha value is -3.53. The summed E-state index contributed by atoms with van der Waals surface area (Å²) in [6, 6.07) is 12.9. The Bertz CT molecular complexity index is 781. The van der Waals surface area contributed by atoms with Crippen LogP contribution in [0.2, 0.25) is 0 Å². The average Bonchev–Trinajstić information content (AvgIpc) is 2.54. The summed E-state index contributed by atoms with van der Waals surface area (Å²) in [4.78, 5) is 23.1. The first kappa shape index (κ1) is 16.8. The van der Waals surface area contributed by atoms with Crippen molar-refractivity contribution in [3.05, 3.63) is 59.7 Å². The van der Waals surface area contributed by atoms with E-state index in [0.717, 1.165) is 0 Å². The second kappa shape index (κ2) is 7.65. The molecule has 0 aliphatic heterocycles. The average molecular weight is 325 g/mol. The number of phenolic OH excluding ortho intramolecular Hbond substituents is 1. The van der Waals surface area contributed by atoms with E-state index in [-0.39, 0.29) is 12.2 Å². The van der Waals surface area contributed by atoms with Gasteiger partial charge in [0.25, 0.3) is 0 Å². The van der Waals surface area contributed by atoms with E-state index in [1.807, 2.05) is 6.07 Å². The minimum atomic E-state index is -1.08. The number of nitrogens with zero attached hydrogens (tertiary/aromatic N) is 1. The van der Waals surface area contributed by atoms with Crippen molar-refractivity contribution in [2.24, 2.45) is 0 Å². The quantitative estimate of drug-likeness (QED) is 0.673. The first-order valence-corrected chi connectivity index (χ1v) is 7.06. The van der Waals surface area contributed by atoms with Crippen LogP contribution in [-0.4, -0.2) is 22.2 Å². The van der Waals surface area contributed by atoms with Gasteiger partial charge >= 0.3 is 12.0 Å². The Morgan fingerprint density at radius 1 is 1.17 bits per heavy atom. The number of benzene rings is 2. The SMILES string of the molecule is N#Cc1ccc(NC(=O)NC(CC(=O)O)c2cccc(O)c2)cc1. The number of amides is 2. The van der Waals surface area contributed by atoms with Gasteiger partial charge in [-0.1, -0.05) is 12.1 Å². The molecule has 4 N–H and O–H groups in total. The zero-order valence-corrected chi connectivity index (χ0v) is 12.6. The fourth-order valence-electron chi connectivity index (χ4n) is 2.12. The third kappa shape index (κ3) is 4.74. The number of hydrogen-bond donors (Lipinski definition) is 4. The molecule has 0 saturated heterocycles. The van der Waals surface area contributed by atoms with Crippen LogP contribution in [0.15, 0.2) is 48.5 Å². The topological polar surface area (TPSA) is 122 Å². The van der Waals surface area contributed by atoms with E-state index in [0.29, 0.717) is 16.8 Å². The third-order valence-corrected chi connectivity index (χ3v) is 3.23. The van der Waals surface area contributed by atoms with Crippen molar-refractivity contribution in [1.82, 2.24) is 5.32 Å². The van der Waals surface area contributed by atoms with Gasteiger partial charge in [-0.3, -0.25) is 4.79 Å². The lowest BCUT2D eigenvalue weighted by Crippen LogP contribution is -2.33. The lowest BCUT2D eigenvalue weighted by atomic mass is 10.0. The maximum absolute atomic E-state index is 12.1. The molecule has 0 bridgehead atoms. The molecule has 0 heterocycles. The van der Waals surface area contributed by atoms with Crippen molar-refractivity contribution in [2.75, 3.05) is 5.32 Å². The number of anilines is 1. The van der Waals surface area contributed by atoms with Crippen LogP contribution in [0.5, 0.6) is 5.75 Å². The smallest absolute Gasteiger partial charge is 0.319 e. The van der Waals surface area contributed by atoms with E-state index in [1.165, 1.54) is 12.1 Å². The summed E-state index contributed by atoms with van der Waals surface area (Å²) in [6.45, 7) is 0. The number of carbonyl (C=O) groups is 2. The molecule has 2 aromatic rings. The molecule has 0 aliphatic rings. The molecule has 0 spiro atoms. The van der Waals surface area contributed by atoms with E-state index >= 15 is 0 Å². The summed E-state index contributed by atoms with van der Waals surface area (Å²) in [6.07, 6.45) is -0.329. The molecule has 7 heteroatoms. The van der Waals surface area contributed by atoms with Crippen LogP contribution < -0.4 is 10.6 Å². The monoisotopic (exact) mass is 325 g/mol. The third-order valence-electron chi connectivity index (χ3n) is 3.23. The molecule has 1 unspecified atom stereocenters. The highest BCUT2D eigenvalue weighted by Crippen LogP contribution is 2.21. The van der Waals surface area contributed by atoms with Gasteiger partial charge in [-0.05, 0) is 42.0 Å².